The Balaban J connectivity index is 1.17. The van der Waals surface area contributed by atoms with E-state index in [-0.39, 0.29) is 16.9 Å². The molecule has 0 unspecified atom stereocenters. The van der Waals surface area contributed by atoms with Gasteiger partial charge in [-0.15, -0.1) is 0 Å². The van der Waals surface area contributed by atoms with Crippen LogP contribution in [0.5, 0.6) is 0 Å². The summed E-state index contributed by atoms with van der Waals surface area (Å²) < 4.78 is 2.62. The monoisotopic (exact) mass is 536 g/mol. The minimum atomic E-state index is -0.318. The van der Waals surface area contributed by atoms with Crippen LogP contribution in [0.25, 0.3) is 38.7 Å². The molecule has 0 spiro atoms. The van der Waals surface area contributed by atoms with Gasteiger partial charge in [0.25, 0.3) is 0 Å². The zero-order valence-electron chi connectivity index (χ0n) is 21.0. The van der Waals surface area contributed by atoms with E-state index in [0.717, 1.165) is 59.6 Å². The molecule has 1 aromatic heterocycles. The first-order chi connectivity index (χ1) is 19.0. The Morgan fingerprint density at radius 3 is 2.44 bits per heavy atom. The first-order valence-corrected chi connectivity index (χ1v) is 13.1. The topological polar surface area (TPSA) is 80.5 Å². The summed E-state index contributed by atoms with van der Waals surface area (Å²) in [5.74, 6) is 0.292. The van der Waals surface area contributed by atoms with Gasteiger partial charge in [0.05, 0.1) is 18.0 Å². The lowest BCUT2D eigenvalue weighted by atomic mass is 9.98. The van der Waals surface area contributed by atoms with Gasteiger partial charge in [-0.2, -0.15) is 9.71 Å². The molecule has 39 heavy (non-hydrogen) atoms. The van der Waals surface area contributed by atoms with Crippen molar-refractivity contribution in [2.24, 2.45) is 0 Å². The molecular formula is C30H25ClN6O2. The number of piperidine rings is 1. The number of rotatable bonds is 5. The Bertz CT molecular complexity index is 1700. The van der Waals surface area contributed by atoms with Crippen molar-refractivity contribution < 1.29 is 5.21 Å². The molecular weight excluding hydrogens is 512 g/mol. The van der Waals surface area contributed by atoms with Gasteiger partial charge in [0, 0.05) is 37.4 Å². The molecule has 6 rings (SSSR count). The van der Waals surface area contributed by atoms with Crippen LogP contribution in [0, 0.1) is 6.57 Å². The van der Waals surface area contributed by atoms with Crippen molar-refractivity contribution in [3.05, 3.63) is 112 Å². The number of halogens is 1. The van der Waals surface area contributed by atoms with Crippen LogP contribution in [-0.2, 0) is 6.54 Å². The summed E-state index contributed by atoms with van der Waals surface area (Å²) >= 11 is 6.33. The van der Waals surface area contributed by atoms with Gasteiger partial charge in [-0.05, 0) is 47.7 Å². The lowest BCUT2D eigenvalue weighted by molar-refractivity contribution is 0.177. The third kappa shape index (κ3) is 4.78. The van der Waals surface area contributed by atoms with Crippen LogP contribution >= 0.6 is 11.6 Å². The lowest BCUT2D eigenvalue weighted by Crippen LogP contribution is -2.36. The van der Waals surface area contributed by atoms with E-state index >= 15 is 0 Å². The smallest absolute Gasteiger partial charge is 0.350 e. The van der Waals surface area contributed by atoms with Crippen LogP contribution < -0.4 is 5.69 Å². The van der Waals surface area contributed by atoms with Crippen molar-refractivity contribution in [3.63, 3.8) is 0 Å². The number of nitrogens with zero attached hydrogens (tertiary/aromatic N) is 6. The molecule has 1 fully saturated rings. The van der Waals surface area contributed by atoms with E-state index in [1.54, 1.807) is 10.6 Å². The summed E-state index contributed by atoms with van der Waals surface area (Å²) in [4.78, 5) is 27.1. The zero-order valence-corrected chi connectivity index (χ0v) is 21.8. The molecule has 2 aromatic carbocycles. The standard InChI is InChI=1S/C30H25ClN6O2/c1-32-25-18-24(21-6-3-2-4-7-21)27(33-28(25)31)22-11-9-20(10-12-22)19-35-16-13-23(14-17-35)37-26-8-5-15-36(39)29(26)34-30(37)38/h2-12,15,18,23,39H,13-14,16-17,19H2. The number of aromatic nitrogens is 4. The molecule has 3 aliphatic rings. The zero-order chi connectivity index (χ0) is 26.9. The first kappa shape index (κ1) is 24.9. The highest BCUT2D eigenvalue weighted by Gasteiger charge is 2.27. The van der Waals surface area contributed by atoms with Crippen molar-refractivity contribution >= 4 is 17.3 Å². The predicted molar refractivity (Wildman–Crippen MR) is 150 cm³/mol. The second-order valence-corrected chi connectivity index (χ2v) is 10.1. The number of imidazole rings is 1. The number of hydrogen-bond donors (Lipinski definition) is 1. The van der Waals surface area contributed by atoms with Gasteiger partial charge in [0.15, 0.2) is 5.82 Å². The van der Waals surface area contributed by atoms with Crippen LogP contribution in [-0.4, -0.2) is 42.5 Å². The third-order valence-corrected chi connectivity index (χ3v) is 7.59. The van der Waals surface area contributed by atoms with E-state index in [0.29, 0.717) is 17.2 Å². The van der Waals surface area contributed by atoms with Crippen LogP contribution in [0.15, 0.2) is 83.8 Å². The fourth-order valence-electron chi connectivity index (χ4n) is 5.35. The summed E-state index contributed by atoms with van der Waals surface area (Å²) in [6, 6.07) is 23.6. The molecule has 9 heteroatoms. The molecule has 194 valence electrons. The number of likely N-dealkylation sites (tertiary alicyclic amines) is 1. The van der Waals surface area contributed by atoms with Crippen molar-refractivity contribution in [2.45, 2.75) is 25.4 Å². The summed E-state index contributed by atoms with van der Waals surface area (Å²) in [6.45, 7) is 9.95. The maximum absolute atomic E-state index is 12.6. The number of hydrogen-bond acceptors (Lipinski definition) is 5. The molecule has 4 heterocycles. The summed E-state index contributed by atoms with van der Waals surface area (Å²) in [5, 5.41) is 10.2. The molecule has 0 aliphatic carbocycles. The van der Waals surface area contributed by atoms with Gasteiger partial charge in [-0.25, -0.2) is 14.6 Å². The Morgan fingerprint density at radius 2 is 1.72 bits per heavy atom. The number of fused-ring (bicyclic) bond motifs is 1. The Kier molecular flexibility index (Phi) is 6.61. The van der Waals surface area contributed by atoms with Crippen LogP contribution in [0.3, 0.4) is 0 Å². The molecule has 0 atom stereocenters. The first-order valence-electron chi connectivity index (χ1n) is 12.8. The second-order valence-electron chi connectivity index (χ2n) is 9.70. The molecule has 0 amide bonds. The summed E-state index contributed by atoms with van der Waals surface area (Å²) in [7, 11) is 0. The molecule has 8 nitrogen and oxygen atoms in total. The lowest BCUT2D eigenvalue weighted by Gasteiger charge is -2.32. The molecule has 3 aliphatic heterocycles. The molecule has 1 N–H and O–H groups in total. The highest BCUT2D eigenvalue weighted by Crippen LogP contribution is 2.37. The largest absolute Gasteiger partial charge is 0.427 e. The Hall–Kier alpha value is -4.45. The minimum absolute atomic E-state index is 0.0502. The fraction of sp³-hybridized carbons (Fsp3) is 0.200. The van der Waals surface area contributed by atoms with Gasteiger partial charge in [-0.3, -0.25) is 9.47 Å². The summed E-state index contributed by atoms with van der Waals surface area (Å²) in [5.41, 5.74) is 5.39. The molecule has 3 aromatic rings. The molecule has 0 saturated carbocycles. The molecule has 1 saturated heterocycles. The van der Waals surface area contributed by atoms with Gasteiger partial charge < -0.3 is 5.21 Å². The van der Waals surface area contributed by atoms with Crippen LogP contribution in [0.4, 0.5) is 5.69 Å². The van der Waals surface area contributed by atoms with E-state index < -0.39 is 0 Å². The maximum atomic E-state index is 12.6. The normalized spacial score (nSPS) is 14.5. The maximum Gasteiger partial charge on any atom is 0.350 e. The molecule has 0 radical (unpaired) electrons. The molecule has 0 bridgehead atoms. The van der Waals surface area contributed by atoms with Crippen LogP contribution in [0.2, 0.25) is 5.15 Å². The second kappa shape index (κ2) is 10.4. The van der Waals surface area contributed by atoms with Gasteiger partial charge in [-0.1, -0.05) is 66.2 Å². The van der Waals surface area contributed by atoms with Gasteiger partial charge >= 0.3 is 5.69 Å². The minimum Gasteiger partial charge on any atom is -0.427 e. The SMILES string of the molecule is [C-]#[N+]c1cc(-c2ccccc2)c(-c2ccc(CN3CCC(n4c5cccn(O)c-5nc4=O)CC3)cc2)nc1Cl. The average Bonchev–Trinajstić information content (AvgIpc) is 3.31. The van der Waals surface area contributed by atoms with E-state index in [1.165, 1.54) is 11.8 Å². The summed E-state index contributed by atoms with van der Waals surface area (Å²) in [6.07, 6.45) is 3.13. The number of benzene rings is 2. The Labute approximate surface area is 230 Å². The van der Waals surface area contributed by atoms with E-state index in [2.05, 4.69) is 44.0 Å². The van der Waals surface area contributed by atoms with E-state index in [4.69, 9.17) is 18.2 Å². The average molecular weight is 537 g/mol. The fourth-order valence-corrected chi connectivity index (χ4v) is 5.53. The quantitative estimate of drug-likeness (QED) is 0.165. The Morgan fingerprint density at radius 1 is 0.974 bits per heavy atom. The van der Waals surface area contributed by atoms with Crippen molar-refractivity contribution in [3.8, 4) is 33.9 Å². The van der Waals surface area contributed by atoms with Crippen molar-refractivity contribution in [1.82, 2.24) is 24.2 Å². The third-order valence-electron chi connectivity index (χ3n) is 7.31. The van der Waals surface area contributed by atoms with Gasteiger partial charge in [0.1, 0.15) is 5.15 Å². The van der Waals surface area contributed by atoms with E-state index in [1.807, 2.05) is 42.5 Å². The highest BCUT2D eigenvalue weighted by atomic mass is 35.5. The van der Waals surface area contributed by atoms with Crippen molar-refractivity contribution in [1.29, 1.82) is 0 Å². The van der Waals surface area contributed by atoms with Crippen molar-refractivity contribution in [2.75, 3.05) is 13.1 Å². The highest BCUT2D eigenvalue weighted by molar-refractivity contribution is 6.32. The predicted octanol–water partition coefficient (Wildman–Crippen LogP) is 6.16. The van der Waals surface area contributed by atoms with Crippen LogP contribution in [0.1, 0.15) is 24.4 Å². The van der Waals surface area contributed by atoms with Gasteiger partial charge in [0.2, 0.25) is 5.69 Å². The number of pyridine rings is 2. The van der Waals surface area contributed by atoms with E-state index in [9.17, 15) is 10.0 Å².